The van der Waals surface area contributed by atoms with E-state index in [0.29, 0.717) is 6.04 Å². The van der Waals surface area contributed by atoms with E-state index in [0.717, 1.165) is 29.6 Å². The van der Waals surface area contributed by atoms with Crippen molar-refractivity contribution in [3.63, 3.8) is 0 Å². The average Bonchev–Trinajstić information content (AvgIpc) is 2.92. The molecule has 0 amide bonds. The Hall–Kier alpha value is -1.04. The number of thioether (sulfide) groups is 1. The zero-order valence-corrected chi connectivity index (χ0v) is 13.3. The number of hydrogen-bond donors (Lipinski definition) is 1. The molecule has 1 N–H and O–H groups in total. The number of nitrogens with one attached hydrogen (secondary N) is 1. The van der Waals surface area contributed by atoms with E-state index in [1.165, 1.54) is 4.90 Å². The molecule has 0 saturated carbocycles. The number of likely N-dealkylation sites (N-methyl/N-ethyl adjacent to an activating group) is 1. The third-order valence-corrected chi connectivity index (χ3v) is 4.52. The number of rotatable bonds is 7. The second-order valence-corrected chi connectivity index (χ2v) is 5.98. The van der Waals surface area contributed by atoms with Gasteiger partial charge in [-0.3, -0.25) is 4.68 Å². The number of aromatic nitrogens is 3. The topological polar surface area (TPSA) is 42.7 Å². The van der Waals surface area contributed by atoms with Gasteiger partial charge in [0.15, 0.2) is 0 Å². The molecule has 6 heteroatoms. The molecule has 1 unspecified atom stereocenters. The fourth-order valence-corrected chi connectivity index (χ4v) is 3.04. The van der Waals surface area contributed by atoms with Crippen LogP contribution in [0.2, 0.25) is 5.02 Å². The van der Waals surface area contributed by atoms with E-state index in [1.54, 1.807) is 6.33 Å². The van der Waals surface area contributed by atoms with E-state index in [9.17, 15) is 0 Å². The molecular weight excluding hydrogens is 292 g/mol. The van der Waals surface area contributed by atoms with E-state index in [-0.39, 0.29) is 0 Å². The van der Waals surface area contributed by atoms with Crippen LogP contribution >= 0.6 is 23.4 Å². The van der Waals surface area contributed by atoms with Gasteiger partial charge in [-0.1, -0.05) is 11.6 Å². The quantitative estimate of drug-likeness (QED) is 0.799. The molecule has 0 bridgehead atoms. The van der Waals surface area contributed by atoms with Crippen molar-refractivity contribution in [3.8, 4) is 0 Å². The Morgan fingerprint density at radius 3 is 2.75 bits per heavy atom. The van der Waals surface area contributed by atoms with Gasteiger partial charge in [0.05, 0.1) is 0 Å². The predicted octanol–water partition coefficient (Wildman–Crippen LogP) is 2.87. The van der Waals surface area contributed by atoms with Crippen molar-refractivity contribution in [1.82, 2.24) is 20.1 Å². The molecule has 108 valence electrons. The standard InChI is InChI=1S/C14H19ClN4S/c1-3-19-14(17-10-18-19)8-12(16-2)9-20-13-6-4-11(15)5-7-13/h4-7,10,12,16H,3,8-9H2,1-2H3. The average molecular weight is 311 g/mol. The first-order valence-corrected chi connectivity index (χ1v) is 8.01. The summed E-state index contributed by atoms with van der Waals surface area (Å²) in [5.74, 6) is 2.01. The van der Waals surface area contributed by atoms with Crippen molar-refractivity contribution in [2.75, 3.05) is 12.8 Å². The van der Waals surface area contributed by atoms with Crippen molar-refractivity contribution in [2.24, 2.45) is 0 Å². The first-order chi connectivity index (χ1) is 9.72. The zero-order valence-electron chi connectivity index (χ0n) is 11.7. The molecule has 0 aliphatic carbocycles. The first kappa shape index (κ1) is 15.4. The van der Waals surface area contributed by atoms with Crippen LogP contribution in [-0.4, -0.2) is 33.6 Å². The highest BCUT2D eigenvalue weighted by Gasteiger charge is 2.12. The Kier molecular flexibility index (Phi) is 5.88. The SMILES string of the molecule is CCn1ncnc1CC(CSc1ccc(Cl)cc1)NC. The van der Waals surface area contributed by atoms with Crippen LogP contribution in [0.25, 0.3) is 0 Å². The second-order valence-electron chi connectivity index (χ2n) is 4.45. The highest BCUT2D eigenvalue weighted by atomic mass is 35.5. The van der Waals surface area contributed by atoms with Crippen molar-refractivity contribution >= 4 is 23.4 Å². The van der Waals surface area contributed by atoms with E-state index in [1.807, 2.05) is 47.8 Å². The molecular formula is C14H19ClN4S. The highest BCUT2D eigenvalue weighted by molar-refractivity contribution is 7.99. The molecule has 0 saturated heterocycles. The van der Waals surface area contributed by atoms with Gasteiger partial charge in [0.25, 0.3) is 0 Å². The van der Waals surface area contributed by atoms with E-state index >= 15 is 0 Å². The third-order valence-electron chi connectivity index (χ3n) is 3.10. The van der Waals surface area contributed by atoms with Gasteiger partial charge in [0, 0.05) is 34.7 Å². The monoisotopic (exact) mass is 310 g/mol. The Balaban J connectivity index is 1.90. The molecule has 0 fully saturated rings. The molecule has 1 aromatic heterocycles. The summed E-state index contributed by atoms with van der Waals surface area (Å²) in [6, 6.07) is 8.31. The number of aryl methyl sites for hydroxylation is 1. The smallest absolute Gasteiger partial charge is 0.138 e. The van der Waals surface area contributed by atoms with Crippen LogP contribution in [0, 0.1) is 0 Å². The highest BCUT2D eigenvalue weighted by Crippen LogP contribution is 2.21. The molecule has 4 nitrogen and oxygen atoms in total. The summed E-state index contributed by atoms with van der Waals surface area (Å²) in [5, 5.41) is 8.33. The molecule has 20 heavy (non-hydrogen) atoms. The maximum absolute atomic E-state index is 5.89. The molecule has 1 atom stereocenters. The first-order valence-electron chi connectivity index (χ1n) is 6.65. The Morgan fingerprint density at radius 2 is 2.10 bits per heavy atom. The molecule has 1 heterocycles. The summed E-state index contributed by atoms with van der Waals surface area (Å²) >= 11 is 7.71. The summed E-state index contributed by atoms with van der Waals surface area (Å²) in [4.78, 5) is 5.55. The van der Waals surface area contributed by atoms with Gasteiger partial charge >= 0.3 is 0 Å². The normalized spacial score (nSPS) is 12.6. The van der Waals surface area contributed by atoms with Crippen LogP contribution in [0.4, 0.5) is 0 Å². The van der Waals surface area contributed by atoms with Gasteiger partial charge in [-0.25, -0.2) is 4.98 Å². The van der Waals surface area contributed by atoms with E-state index in [4.69, 9.17) is 11.6 Å². The van der Waals surface area contributed by atoms with Crippen LogP contribution in [0.15, 0.2) is 35.5 Å². The summed E-state index contributed by atoms with van der Waals surface area (Å²) in [6.07, 6.45) is 2.50. The van der Waals surface area contributed by atoms with E-state index in [2.05, 4.69) is 22.3 Å². The summed E-state index contributed by atoms with van der Waals surface area (Å²) < 4.78 is 1.94. The van der Waals surface area contributed by atoms with Crippen molar-refractivity contribution in [1.29, 1.82) is 0 Å². The summed E-state index contributed by atoms with van der Waals surface area (Å²) in [5.41, 5.74) is 0. The number of nitrogens with zero attached hydrogens (tertiary/aromatic N) is 3. The number of benzene rings is 1. The fraction of sp³-hybridized carbons (Fsp3) is 0.429. The van der Waals surface area contributed by atoms with Gasteiger partial charge in [-0.15, -0.1) is 11.8 Å². The minimum absolute atomic E-state index is 0.366. The molecule has 0 radical (unpaired) electrons. The van der Waals surface area contributed by atoms with Gasteiger partial charge in [-0.05, 0) is 38.2 Å². The van der Waals surface area contributed by atoms with Gasteiger partial charge in [-0.2, -0.15) is 5.10 Å². The van der Waals surface area contributed by atoms with Gasteiger partial charge < -0.3 is 5.32 Å². The second kappa shape index (κ2) is 7.67. The Morgan fingerprint density at radius 1 is 1.35 bits per heavy atom. The molecule has 2 aromatic rings. The minimum atomic E-state index is 0.366. The largest absolute Gasteiger partial charge is 0.316 e. The van der Waals surface area contributed by atoms with Gasteiger partial charge in [0.1, 0.15) is 12.2 Å². The lowest BCUT2D eigenvalue weighted by Crippen LogP contribution is -2.31. The summed E-state index contributed by atoms with van der Waals surface area (Å²) in [7, 11) is 1.99. The van der Waals surface area contributed by atoms with Crippen LogP contribution in [0.1, 0.15) is 12.7 Å². The van der Waals surface area contributed by atoms with Crippen molar-refractivity contribution in [2.45, 2.75) is 30.8 Å². The molecule has 0 spiro atoms. The Labute approximate surface area is 128 Å². The molecule has 1 aromatic carbocycles. The summed E-state index contributed by atoms with van der Waals surface area (Å²) in [6.45, 7) is 2.94. The van der Waals surface area contributed by atoms with Crippen LogP contribution in [-0.2, 0) is 13.0 Å². The van der Waals surface area contributed by atoms with Crippen molar-refractivity contribution in [3.05, 3.63) is 41.4 Å². The molecule has 0 aliphatic heterocycles. The lowest BCUT2D eigenvalue weighted by Gasteiger charge is -2.15. The maximum Gasteiger partial charge on any atom is 0.138 e. The number of hydrogen-bond acceptors (Lipinski definition) is 4. The van der Waals surface area contributed by atoms with Crippen LogP contribution < -0.4 is 5.32 Å². The van der Waals surface area contributed by atoms with Crippen LogP contribution in [0.5, 0.6) is 0 Å². The zero-order chi connectivity index (χ0) is 14.4. The van der Waals surface area contributed by atoms with E-state index < -0.39 is 0 Å². The molecule has 2 rings (SSSR count). The van der Waals surface area contributed by atoms with Crippen LogP contribution in [0.3, 0.4) is 0 Å². The Bertz CT molecular complexity index is 526. The molecule has 0 aliphatic rings. The minimum Gasteiger partial charge on any atom is -0.316 e. The maximum atomic E-state index is 5.89. The number of halogens is 1. The lowest BCUT2D eigenvalue weighted by atomic mass is 10.2. The van der Waals surface area contributed by atoms with Gasteiger partial charge in [0.2, 0.25) is 0 Å². The third kappa shape index (κ3) is 4.23. The fourth-order valence-electron chi connectivity index (χ4n) is 1.90. The van der Waals surface area contributed by atoms with Crippen molar-refractivity contribution < 1.29 is 0 Å². The lowest BCUT2D eigenvalue weighted by molar-refractivity contribution is 0.549. The predicted molar refractivity (Wildman–Crippen MR) is 84.4 cm³/mol.